The molecule has 3 rings (SSSR count). The average Bonchev–Trinajstić information content (AvgIpc) is 3.09. The number of hydrogen-bond donors (Lipinski definition) is 1. The Morgan fingerprint density at radius 1 is 1.25 bits per heavy atom. The molecule has 2 heterocycles. The van der Waals surface area contributed by atoms with E-state index in [1.54, 1.807) is 28.4 Å². The highest BCUT2D eigenvalue weighted by Gasteiger charge is 2.15. The van der Waals surface area contributed by atoms with Gasteiger partial charge in [0.1, 0.15) is 5.82 Å². The van der Waals surface area contributed by atoms with Crippen LogP contribution in [-0.4, -0.2) is 44.0 Å². The number of benzene rings is 1. The summed E-state index contributed by atoms with van der Waals surface area (Å²) in [5, 5.41) is 7.98. The lowest BCUT2D eigenvalue weighted by molar-refractivity contribution is -0.120. The average molecular weight is 420 g/mol. The number of aryl methyl sites for hydroxylation is 2. The standard InChI is InChI=1S/C19H22FN5OS2/c1-12-15(13(2)25-18(22-12)23-19(24-25)27-3)10-17(26)21-8-9-28-11-14-6-4-5-7-16(14)20/h4-7H,8-11H2,1-3H3,(H,21,26). The summed E-state index contributed by atoms with van der Waals surface area (Å²) in [6.07, 6.45) is 2.16. The van der Waals surface area contributed by atoms with Crippen molar-refractivity contribution >= 4 is 35.2 Å². The van der Waals surface area contributed by atoms with Gasteiger partial charge in [-0.15, -0.1) is 5.10 Å². The fourth-order valence-electron chi connectivity index (χ4n) is 2.82. The molecule has 3 aromatic rings. The summed E-state index contributed by atoms with van der Waals surface area (Å²) in [6, 6.07) is 6.75. The van der Waals surface area contributed by atoms with Crippen LogP contribution in [0.3, 0.4) is 0 Å². The number of aromatic nitrogens is 4. The van der Waals surface area contributed by atoms with E-state index < -0.39 is 0 Å². The lowest BCUT2D eigenvalue weighted by Gasteiger charge is -2.11. The maximum atomic E-state index is 13.6. The Morgan fingerprint density at radius 3 is 2.79 bits per heavy atom. The van der Waals surface area contributed by atoms with Crippen molar-refractivity contribution in [2.24, 2.45) is 0 Å². The van der Waals surface area contributed by atoms with E-state index in [0.29, 0.717) is 28.8 Å². The molecule has 0 fully saturated rings. The van der Waals surface area contributed by atoms with Crippen LogP contribution < -0.4 is 5.32 Å². The largest absolute Gasteiger partial charge is 0.355 e. The molecule has 0 saturated heterocycles. The molecular formula is C19H22FN5OS2. The van der Waals surface area contributed by atoms with Crippen molar-refractivity contribution in [3.63, 3.8) is 0 Å². The molecule has 0 bridgehead atoms. The monoisotopic (exact) mass is 419 g/mol. The van der Waals surface area contributed by atoms with Gasteiger partial charge in [-0.1, -0.05) is 30.0 Å². The minimum Gasteiger partial charge on any atom is -0.355 e. The predicted molar refractivity (Wildman–Crippen MR) is 111 cm³/mol. The number of hydrogen-bond acceptors (Lipinski definition) is 6. The molecule has 2 aromatic heterocycles. The second kappa shape index (κ2) is 9.38. The Morgan fingerprint density at radius 2 is 2.04 bits per heavy atom. The van der Waals surface area contributed by atoms with Crippen LogP contribution in [0.5, 0.6) is 0 Å². The van der Waals surface area contributed by atoms with Gasteiger partial charge in [-0.2, -0.15) is 16.7 Å². The SMILES string of the molecule is CSc1nc2nc(C)c(CC(=O)NCCSCc3ccccc3F)c(C)n2n1. The van der Waals surface area contributed by atoms with Crippen molar-refractivity contribution in [1.29, 1.82) is 0 Å². The Bertz CT molecular complexity index is 992. The van der Waals surface area contributed by atoms with Crippen molar-refractivity contribution in [2.75, 3.05) is 18.6 Å². The minimum atomic E-state index is -0.189. The van der Waals surface area contributed by atoms with E-state index in [2.05, 4.69) is 20.4 Å². The Balaban J connectivity index is 1.53. The van der Waals surface area contributed by atoms with Gasteiger partial charge < -0.3 is 5.32 Å². The smallest absolute Gasteiger partial charge is 0.253 e. The minimum absolute atomic E-state index is 0.0657. The van der Waals surface area contributed by atoms with Gasteiger partial charge >= 0.3 is 0 Å². The highest BCUT2D eigenvalue weighted by Crippen LogP contribution is 2.17. The van der Waals surface area contributed by atoms with Gasteiger partial charge in [-0.25, -0.2) is 13.9 Å². The first kappa shape index (κ1) is 20.6. The summed E-state index contributed by atoms with van der Waals surface area (Å²) in [5.41, 5.74) is 3.21. The third kappa shape index (κ3) is 4.82. The molecule has 0 aliphatic heterocycles. The molecule has 0 atom stereocenters. The fourth-order valence-corrected chi connectivity index (χ4v) is 4.00. The molecule has 0 aliphatic rings. The molecule has 1 N–H and O–H groups in total. The molecule has 0 radical (unpaired) electrons. The maximum absolute atomic E-state index is 13.6. The number of halogens is 1. The molecule has 0 aliphatic carbocycles. The first-order valence-corrected chi connectivity index (χ1v) is 11.2. The molecule has 0 spiro atoms. The van der Waals surface area contributed by atoms with Crippen LogP contribution in [-0.2, 0) is 17.0 Å². The Kier molecular flexibility index (Phi) is 6.90. The third-order valence-electron chi connectivity index (χ3n) is 4.33. The van der Waals surface area contributed by atoms with Gasteiger partial charge in [0.25, 0.3) is 5.78 Å². The zero-order valence-electron chi connectivity index (χ0n) is 16.0. The van der Waals surface area contributed by atoms with Crippen LogP contribution in [0.2, 0.25) is 0 Å². The van der Waals surface area contributed by atoms with E-state index in [9.17, 15) is 9.18 Å². The summed E-state index contributed by atoms with van der Waals surface area (Å²) in [7, 11) is 0. The summed E-state index contributed by atoms with van der Waals surface area (Å²) in [4.78, 5) is 21.2. The molecule has 0 saturated carbocycles. The zero-order chi connectivity index (χ0) is 20.1. The topological polar surface area (TPSA) is 72.2 Å². The molecule has 148 valence electrons. The van der Waals surface area contributed by atoms with Crippen molar-refractivity contribution in [2.45, 2.75) is 31.2 Å². The van der Waals surface area contributed by atoms with Crippen LogP contribution >= 0.6 is 23.5 Å². The van der Waals surface area contributed by atoms with E-state index in [1.165, 1.54) is 17.8 Å². The highest BCUT2D eigenvalue weighted by atomic mass is 32.2. The van der Waals surface area contributed by atoms with E-state index in [4.69, 9.17) is 0 Å². The van der Waals surface area contributed by atoms with Gasteiger partial charge in [-0.3, -0.25) is 4.79 Å². The van der Waals surface area contributed by atoms with Gasteiger partial charge in [0.05, 0.1) is 6.42 Å². The molecule has 28 heavy (non-hydrogen) atoms. The van der Waals surface area contributed by atoms with Gasteiger partial charge in [0, 0.05) is 35.0 Å². The van der Waals surface area contributed by atoms with Gasteiger partial charge in [-0.05, 0) is 31.7 Å². The predicted octanol–water partition coefficient (Wildman–Crippen LogP) is 3.19. The normalized spacial score (nSPS) is 11.1. The summed E-state index contributed by atoms with van der Waals surface area (Å²) >= 11 is 3.05. The van der Waals surface area contributed by atoms with Crippen molar-refractivity contribution in [3.05, 3.63) is 52.6 Å². The number of nitrogens with zero attached hydrogens (tertiary/aromatic N) is 4. The Hall–Kier alpha value is -2.13. The Labute approximate surface area is 171 Å². The summed E-state index contributed by atoms with van der Waals surface area (Å²) < 4.78 is 15.3. The van der Waals surface area contributed by atoms with Crippen LogP contribution in [0.4, 0.5) is 4.39 Å². The number of carbonyl (C=O) groups is 1. The maximum Gasteiger partial charge on any atom is 0.253 e. The first-order chi connectivity index (χ1) is 13.5. The molecule has 1 amide bonds. The summed E-state index contributed by atoms with van der Waals surface area (Å²) in [6.45, 7) is 4.34. The molecule has 1 aromatic carbocycles. The van der Waals surface area contributed by atoms with Gasteiger partial charge in [0.2, 0.25) is 11.1 Å². The van der Waals surface area contributed by atoms with E-state index in [-0.39, 0.29) is 18.1 Å². The van der Waals surface area contributed by atoms with E-state index in [1.807, 2.05) is 26.2 Å². The zero-order valence-corrected chi connectivity index (χ0v) is 17.7. The number of amides is 1. The van der Waals surface area contributed by atoms with Crippen molar-refractivity contribution in [1.82, 2.24) is 24.9 Å². The fraction of sp³-hybridized carbons (Fsp3) is 0.368. The molecule has 0 unspecified atom stereocenters. The molecule has 6 nitrogen and oxygen atoms in total. The third-order valence-corrected chi connectivity index (χ3v) is 5.88. The van der Waals surface area contributed by atoms with Crippen molar-refractivity contribution < 1.29 is 9.18 Å². The second-order valence-electron chi connectivity index (χ2n) is 6.24. The lowest BCUT2D eigenvalue weighted by Crippen LogP contribution is -2.28. The highest BCUT2D eigenvalue weighted by molar-refractivity contribution is 7.98. The van der Waals surface area contributed by atoms with Crippen LogP contribution in [0.25, 0.3) is 5.78 Å². The second-order valence-corrected chi connectivity index (χ2v) is 8.12. The number of fused-ring (bicyclic) bond motifs is 1. The van der Waals surface area contributed by atoms with Gasteiger partial charge in [0.15, 0.2) is 0 Å². The lowest BCUT2D eigenvalue weighted by atomic mass is 10.1. The van der Waals surface area contributed by atoms with Crippen LogP contribution in [0.15, 0.2) is 29.4 Å². The number of carbonyl (C=O) groups excluding carboxylic acids is 1. The van der Waals surface area contributed by atoms with E-state index in [0.717, 1.165) is 22.7 Å². The van der Waals surface area contributed by atoms with Crippen LogP contribution in [0.1, 0.15) is 22.5 Å². The van der Waals surface area contributed by atoms with Crippen LogP contribution in [0, 0.1) is 19.7 Å². The number of nitrogens with one attached hydrogen (secondary N) is 1. The van der Waals surface area contributed by atoms with Crippen molar-refractivity contribution in [3.8, 4) is 0 Å². The molecular weight excluding hydrogens is 397 g/mol. The summed E-state index contributed by atoms with van der Waals surface area (Å²) in [5.74, 6) is 1.60. The first-order valence-electron chi connectivity index (χ1n) is 8.84. The van der Waals surface area contributed by atoms with E-state index >= 15 is 0 Å². The number of rotatable bonds is 8. The number of thioether (sulfide) groups is 2. The quantitative estimate of drug-likeness (QED) is 0.447. The molecule has 9 heteroatoms.